The number of amides is 4. The molecular weight excluding hydrogens is 259 g/mol. The average molecular weight is 276 g/mol. The monoisotopic (exact) mass is 276 g/mol. The van der Waals surface area contributed by atoms with Gasteiger partial charge in [-0.15, -0.1) is 0 Å². The van der Waals surface area contributed by atoms with E-state index in [0.717, 1.165) is 17.7 Å². The van der Waals surface area contributed by atoms with E-state index in [1.807, 2.05) is 25.4 Å². The smallest absolute Gasteiger partial charge is 0.275 e. The Balaban J connectivity index is 2.91. The molecule has 7 heteroatoms. The Kier molecular flexibility index (Phi) is 4.72. The lowest BCUT2D eigenvalue weighted by atomic mass is 10.0. The van der Waals surface area contributed by atoms with Gasteiger partial charge in [-0.3, -0.25) is 19.8 Å². The number of alkyl halides is 1. The summed E-state index contributed by atoms with van der Waals surface area (Å²) in [5.41, 5.74) is 0. The average Bonchev–Trinajstić information content (AvgIpc) is 2.37. The van der Waals surface area contributed by atoms with Crippen LogP contribution in [-0.4, -0.2) is 46.5 Å². The number of hydrogen-bond donors (Lipinski definition) is 1. The van der Waals surface area contributed by atoms with Crippen LogP contribution in [0.3, 0.4) is 0 Å². The summed E-state index contributed by atoms with van der Waals surface area (Å²) >= 11 is 1.54. The van der Waals surface area contributed by atoms with Crippen LogP contribution in [0.5, 0.6) is 0 Å². The van der Waals surface area contributed by atoms with Crippen molar-refractivity contribution in [2.45, 2.75) is 37.6 Å². The van der Waals surface area contributed by atoms with Crippen LogP contribution in [0, 0.1) is 0 Å². The van der Waals surface area contributed by atoms with Crippen LogP contribution in [0.25, 0.3) is 0 Å². The fraction of sp³-hybridized carbons (Fsp3) is 0.727. The molecule has 0 saturated carbocycles. The van der Waals surface area contributed by atoms with Gasteiger partial charge in [-0.25, -0.2) is 9.18 Å². The molecule has 1 heterocycles. The van der Waals surface area contributed by atoms with Gasteiger partial charge in [0.05, 0.1) is 0 Å². The molecule has 1 rings (SSSR count). The number of thioether (sulfide) groups is 1. The first-order chi connectivity index (χ1) is 8.40. The third kappa shape index (κ3) is 2.66. The zero-order chi connectivity index (χ0) is 13.9. The Morgan fingerprint density at radius 2 is 1.89 bits per heavy atom. The van der Waals surface area contributed by atoms with Gasteiger partial charge in [-0.1, -0.05) is 13.8 Å². The summed E-state index contributed by atoms with van der Waals surface area (Å²) < 4.78 is 13.0. The molecule has 0 bridgehead atoms. The molecule has 18 heavy (non-hydrogen) atoms. The molecule has 4 amide bonds. The van der Waals surface area contributed by atoms with Crippen LogP contribution in [0.2, 0.25) is 0 Å². The summed E-state index contributed by atoms with van der Waals surface area (Å²) in [6, 6.07) is -0.834. The van der Waals surface area contributed by atoms with Crippen molar-refractivity contribution in [2.75, 3.05) is 12.8 Å². The highest BCUT2D eigenvalue weighted by Crippen LogP contribution is 2.32. The molecule has 1 aliphatic heterocycles. The molecule has 1 unspecified atom stereocenters. The number of halogens is 1. The van der Waals surface area contributed by atoms with E-state index in [1.165, 1.54) is 11.8 Å². The topological polar surface area (TPSA) is 66.5 Å². The summed E-state index contributed by atoms with van der Waals surface area (Å²) in [4.78, 5) is 35.0. The standard InChI is InChI=1S/C11H17FN2O3S/c1-4-11(5-2,18-3)6-14-9(16)7(12)8(15)13-10(14)17/h7H,4-6H2,1-3H3,(H,13,15,17). The van der Waals surface area contributed by atoms with Gasteiger partial charge in [-0.2, -0.15) is 11.8 Å². The van der Waals surface area contributed by atoms with Gasteiger partial charge in [0, 0.05) is 11.3 Å². The Bertz CT molecular complexity index is 363. The number of carbonyl (C=O) groups is 3. The van der Waals surface area contributed by atoms with Crippen molar-refractivity contribution >= 4 is 29.6 Å². The molecule has 1 N–H and O–H groups in total. The lowest BCUT2D eigenvalue weighted by molar-refractivity contribution is -0.144. The molecule has 1 atom stereocenters. The summed E-state index contributed by atoms with van der Waals surface area (Å²) in [5.74, 6) is -2.24. The Morgan fingerprint density at radius 3 is 2.33 bits per heavy atom. The number of carbonyl (C=O) groups excluding carboxylic acids is 3. The maximum Gasteiger partial charge on any atom is 0.330 e. The molecule has 5 nitrogen and oxygen atoms in total. The van der Waals surface area contributed by atoms with Gasteiger partial charge in [0.1, 0.15) is 0 Å². The molecule has 0 aromatic rings. The van der Waals surface area contributed by atoms with Crippen molar-refractivity contribution in [1.29, 1.82) is 0 Å². The van der Waals surface area contributed by atoms with E-state index < -0.39 is 24.0 Å². The molecule has 1 aliphatic rings. The van der Waals surface area contributed by atoms with E-state index in [0.29, 0.717) is 0 Å². The maximum absolute atomic E-state index is 13.3. The van der Waals surface area contributed by atoms with Crippen LogP contribution in [-0.2, 0) is 9.59 Å². The molecule has 0 aromatic heterocycles. The number of imide groups is 2. The van der Waals surface area contributed by atoms with Crippen molar-refractivity contribution in [3.8, 4) is 0 Å². The summed E-state index contributed by atoms with van der Waals surface area (Å²) in [6.45, 7) is 4.01. The van der Waals surface area contributed by atoms with Gasteiger partial charge in [0.2, 0.25) is 0 Å². The molecule has 1 fully saturated rings. The molecule has 0 radical (unpaired) electrons. The van der Waals surface area contributed by atoms with Gasteiger partial charge in [0.15, 0.2) is 0 Å². The normalized spacial score (nSPS) is 21.2. The minimum absolute atomic E-state index is 0.111. The Morgan fingerprint density at radius 1 is 1.33 bits per heavy atom. The number of barbiturate groups is 1. The largest absolute Gasteiger partial charge is 0.330 e. The first-order valence-electron chi connectivity index (χ1n) is 5.76. The van der Waals surface area contributed by atoms with Crippen molar-refractivity contribution in [2.24, 2.45) is 0 Å². The molecule has 0 spiro atoms. The quantitative estimate of drug-likeness (QED) is 0.769. The number of nitrogens with one attached hydrogen (secondary N) is 1. The van der Waals surface area contributed by atoms with Crippen molar-refractivity contribution in [1.82, 2.24) is 10.2 Å². The number of urea groups is 1. The van der Waals surface area contributed by atoms with Crippen LogP contribution in [0.1, 0.15) is 26.7 Å². The van der Waals surface area contributed by atoms with E-state index >= 15 is 0 Å². The summed E-state index contributed by atoms with van der Waals surface area (Å²) in [7, 11) is 0. The van der Waals surface area contributed by atoms with E-state index in [1.54, 1.807) is 0 Å². The van der Waals surface area contributed by atoms with Crippen LogP contribution < -0.4 is 5.32 Å². The van der Waals surface area contributed by atoms with Gasteiger partial charge in [0.25, 0.3) is 18.0 Å². The number of nitrogens with zero attached hydrogens (tertiary/aromatic N) is 1. The zero-order valence-corrected chi connectivity index (χ0v) is 11.5. The minimum atomic E-state index is -2.28. The van der Waals surface area contributed by atoms with Gasteiger partial charge in [-0.05, 0) is 19.1 Å². The highest BCUT2D eigenvalue weighted by atomic mass is 32.2. The van der Waals surface area contributed by atoms with E-state index in [9.17, 15) is 18.8 Å². The van der Waals surface area contributed by atoms with Crippen molar-refractivity contribution in [3.63, 3.8) is 0 Å². The highest BCUT2D eigenvalue weighted by molar-refractivity contribution is 8.00. The molecule has 1 saturated heterocycles. The van der Waals surface area contributed by atoms with E-state index in [-0.39, 0.29) is 11.3 Å². The van der Waals surface area contributed by atoms with Crippen LogP contribution in [0.4, 0.5) is 9.18 Å². The minimum Gasteiger partial charge on any atom is -0.275 e. The Labute approximate surface area is 109 Å². The summed E-state index contributed by atoms with van der Waals surface area (Å²) in [6.07, 6.45) is 1.09. The molecule has 0 aliphatic carbocycles. The maximum atomic E-state index is 13.3. The second-order valence-corrected chi connectivity index (χ2v) is 5.45. The fourth-order valence-corrected chi connectivity index (χ4v) is 2.69. The fourth-order valence-electron chi connectivity index (χ4n) is 1.85. The first-order valence-corrected chi connectivity index (χ1v) is 6.98. The van der Waals surface area contributed by atoms with E-state index in [2.05, 4.69) is 0 Å². The first kappa shape index (κ1) is 14.9. The molecule has 0 aromatic carbocycles. The predicted octanol–water partition coefficient (Wildman–Crippen LogP) is 1.32. The van der Waals surface area contributed by atoms with Crippen LogP contribution in [0.15, 0.2) is 0 Å². The zero-order valence-electron chi connectivity index (χ0n) is 10.7. The lowest BCUT2D eigenvalue weighted by Crippen LogP contribution is -2.61. The highest BCUT2D eigenvalue weighted by Gasteiger charge is 2.43. The third-order valence-electron chi connectivity index (χ3n) is 3.36. The second-order valence-electron chi connectivity index (χ2n) is 4.18. The number of rotatable bonds is 5. The van der Waals surface area contributed by atoms with E-state index in [4.69, 9.17) is 0 Å². The lowest BCUT2D eigenvalue weighted by Gasteiger charge is -2.36. The van der Waals surface area contributed by atoms with Crippen molar-refractivity contribution < 1.29 is 18.8 Å². The number of hydrogen-bond acceptors (Lipinski definition) is 4. The van der Waals surface area contributed by atoms with Gasteiger partial charge < -0.3 is 0 Å². The Hall–Kier alpha value is -1.11. The summed E-state index contributed by atoms with van der Waals surface area (Å²) in [5, 5.41) is 1.85. The molecular formula is C11H17FN2O3S. The van der Waals surface area contributed by atoms with Crippen molar-refractivity contribution in [3.05, 3.63) is 0 Å². The van der Waals surface area contributed by atoms with Crippen LogP contribution >= 0.6 is 11.8 Å². The second kappa shape index (κ2) is 5.69. The predicted molar refractivity (Wildman–Crippen MR) is 67.0 cm³/mol. The SMILES string of the molecule is CCC(CC)(CN1C(=O)NC(=O)C(F)C1=O)SC. The molecule has 102 valence electrons. The van der Waals surface area contributed by atoms with Gasteiger partial charge >= 0.3 is 6.03 Å². The third-order valence-corrected chi connectivity index (χ3v) is 4.93.